The molecule has 0 saturated carbocycles. The molecule has 0 heterocycles. The summed E-state index contributed by atoms with van der Waals surface area (Å²) < 4.78 is 4.54. The smallest absolute Gasteiger partial charge is 0.324 e. The second kappa shape index (κ2) is 7.59. The first kappa shape index (κ1) is 11.9. The number of nitrogens with two attached hydrogens (primary N) is 1. The Hall–Kier alpha value is -1.05. The molecule has 0 aliphatic rings. The molecule has 0 aliphatic heterocycles. The van der Waals surface area contributed by atoms with Crippen LogP contribution in [0.1, 0.15) is 13.3 Å². The van der Waals surface area contributed by atoms with Crippen LogP contribution in [0.25, 0.3) is 0 Å². The van der Waals surface area contributed by atoms with Crippen LogP contribution in [-0.2, 0) is 9.53 Å². The van der Waals surface area contributed by atoms with Gasteiger partial charge < -0.3 is 15.8 Å². The maximum atomic E-state index is 11.0. The van der Waals surface area contributed by atoms with E-state index in [0.717, 1.165) is 0 Å². The van der Waals surface area contributed by atoms with E-state index in [-0.39, 0.29) is 12.5 Å². The summed E-state index contributed by atoms with van der Waals surface area (Å²) in [7, 11) is 1.35. The maximum Gasteiger partial charge on any atom is 0.324 e. The molecule has 0 aromatic heterocycles. The Morgan fingerprint density at radius 1 is 1.69 bits per heavy atom. The Labute approximate surface area is 78.8 Å². The molecule has 0 spiro atoms. The minimum absolute atomic E-state index is 0.242. The van der Waals surface area contributed by atoms with Crippen LogP contribution in [0.4, 0.5) is 0 Å². The molecule has 0 bridgehead atoms. The van der Waals surface area contributed by atoms with Crippen LogP contribution in [0.15, 0.2) is 0 Å². The Morgan fingerprint density at radius 3 is 2.85 bits per heavy atom. The summed E-state index contributed by atoms with van der Waals surface area (Å²) in [6.45, 7) is 2.67. The topological polar surface area (TPSA) is 64.3 Å². The van der Waals surface area contributed by atoms with Crippen molar-refractivity contribution >= 4 is 5.97 Å². The molecule has 0 aromatic rings. The van der Waals surface area contributed by atoms with Crippen LogP contribution in [0.2, 0.25) is 0 Å². The lowest BCUT2D eigenvalue weighted by atomic mass is 10.3. The number of hydrogen-bond acceptors (Lipinski definition) is 4. The van der Waals surface area contributed by atoms with Gasteiger partial charge in [0.15, 0.2) is 0 Å². The van der Waals surface area contributed by atoms with Crippen LogP contribution in [0, 0.1) is 11.8 Å². The fourth-order valence-corrected chi connectivity index (χ4v) is 0.839. The maximum absolute atomic E-state index is 11.0. The number of esters is 1. The first-order valence-electron chi connectivity index (χ1n) is 4.17. The van der Waals surface area contributed by atoms with Crippen molar-refractivity contribution < 1.29 is 9.53 Å². The van der Waals surface area contributed by atoms with Crippen molar-refractivity contribution in [3.05, 3.63) is 0 Å². The van der Waals surface area contributed by atoms with Crippen molar-refractivity contribution in [2.75, 3.05) is 20.2 Å². The fourth-order valence-electron chi connectivity index (χ4n) is 0.839. The second-order valence-corrected chi connectivity index (χ2v) is 2.44. The molecule has 13 heavy (non-hydrogen) atoms. The standard InChI is InChI=1S/C9H16N2O2/c1-3-4-5-6-11-8(7-10)9(12)13-2/h8,11H,5-7,10H2,1-2H3. The van der Waals surface area contributed by atoms with Gasteiger partial charge in [-0.05, 0) is 6.92 Å². The van der Waals surface area contributed by atoms with Gasteiger partial charge in [0, 0.05) is 19.5 Å². The van der Waals surface area contributed by atoms with Gasteiger partial charge in [0.2, 0.25) is 0 Å². The number of carbonyl (C=O) groups excluding carboxylic acids is 1. The predicted molar refractivity (Wildman–Crippen MR) is 50.9 cm³/mol. The summed E-state index contributed by atoms with van der Waals surface area (Å²) in [5, 5.41) is 2.95. The number of hydrogen-bond donors (Lipinski definition) is 2. The summed E-state index contributed by atoms with van der Waals surface area (Å²) in [5.41, 5.74) is 5.36. The van der Waals surface area contributed by atoms with Gasteiger partial charge in [0.05, 0.1) is 7.11 Å². The van der Waals surface area contributed by atoms with Gasteiger partial charge in [0.25, 0.3) is 0 Å². The zero-order chi connectivity index (χ0) is 10.1. The lowest BCUT2D eigenvalue weighted by molar-refractivity contribution is -0.142. The van der Waals surface area contributed by atoms with E-state index in [4.69, 9.17) is 5.73 Å². The van der Waals surface area contributed by atoms with Gasteiger partial charge in [-0.3, -0.25) is 4.79 Å². The summed E-state index contributed by atoms with van der Waals surface area (Å²) in [5.74, 6) is 5.32. The van der Waals surface area contributed by atoms with Gasteiger partial charge in [-0.2, -0.15) is 0 Å². The highest BCUT2D eigenvalue weighted by atomic mass is 16.5. The molecule has 4 heteroatoms. The molecule has 0 aromatic carbocycles. The SMILES string of the molecule is CC#CCCNC(CN)C(=O)OC. The monoisotopic (exact) mass is 184 g/mol. The predicted octanol–water partition coefficient (Wildman–Crippen LogP) is -0.510. The van der Waals surface area contributed by atoms with Crippen LogP contribution in [0.5, 0.6) is 0 Å². The third-order valence-electron chi connectivity index (χ3n) is 1.54. The number of ether oxygens (including phenoxy) is 1. The third-order valence-corrected chi connectivity index (χ3v) is 1.54. The Morgan fingerprint density at radius 2 is 2.38 bits per heavy atom. The molecule has 0 aliphatic carbocycles. The van der Waals surface area contributed by atoms with Crippen LogP contribution >= 0.6 is 0 Å². The molecule has 0 radical (unpaired) electrons. The highest BCUT2D eigenvalue weighted by molar-refractivity contribution is 5.75. The van der Waals surface area contributed by atoms with Crippen molar-refractivity contribution in [2.45, 2.75) is 19.4 Å². The highest BCUT2D eigenvalue weighted by Crippen LogP contribution is 1.85. The zero-order valence-corrected chi connectivity index (χ0v) is 8.09. The summed E-state index contributed by atoms with van der Waals surface area (Å²) >= 11 is 0. The van der Waals surface area contributed by atoms with Gasteiger partial charge in [-0.25, -0.2) is 0 Å². The van der Waals surface area contributed by atoms with E-state index >= 15 is 0 Å². The van der Waals surface area contributed by atoms with Crippen molar-refractivity contribution in [1.82, 2.24) is 5.32 Å². The average molecular weight is 184 g/mol. The largest absolute Gasteiger partial charge is 0.468 e. The van der Waals surface area contributed by atoms with Crippen molar-refractivity contribution in [3.63, 3.8) is 0 Å². The third kappa shape index (κ3) is 5.23. The van der Waals surface area contributed by atoms with Gasteiger partial charge in [-0.15, -0.1) is 11.8 Å². The molecule has 1 unspecified atom stereocenters. The fraction of sp³-hybridized carbons (Fsp3) is 0.667. The molecule has 0 amide bonds. The molecule has 1 atom stereocenters. The Balaban J connectivity index is 3.69. The average Bonchev–Trinajstić information content (AvgIpc) is 2.17. The van der Waals surface area contributed by atoms with Crippen LogP contribution < -0.4 is 11.1 Å². The molecule has 3 N–H and O–H groups in total. The quantitative estimate of drug-likeness (QED) is 0.343. The van der Waals surface area contributed by atoms with E-state index in [2.05, 4.69) is 21.9 Å². The number of carbonyl (C=O) groups is 1. The van der Waals surface area contributed by atoms with Crippen molar-refractivity contribution in [3.8, 4) is 11.8 Å². The Kier molecular flexibility index (Phi) is 6.98. The van der Waals surface area contributed by atoms with Crippen LogP contribution in [0.3, 0.4) is 0 Å². The number of nitrogens with one attached hydrogen (secondary N) is 1. The molecule has 0 saturated heterocycles. The van der Waals surface area contributed by atoms with E-state index in [0.29, 0.717) is 13.0 Å². The minimum Gasteiger partial charge on any atom is -0.468 e. The van der Waals surface area contributed by atoms with Gasteiger partial charge in [-0.1, -0.05) is 0 Å². The Bertz CT molecular complexity index is 205. The highest BCUT2D eigenvalue weighted by Gasteiger charge is 2.15. The lowest BCUT2D eigenvalue weighted by Gasteiger charge is -2.12. The number of rotatable bonds is 5. The first-order valence-corrected chi connectivity index (χ1v) is 4.17. The minimum atomic E-state index is -0.413. The van der Waals surface area contributed by atoms with Crippen molar-refractivity contribution in [1.29, 1.82) is 0 Å². The lowest BCUT2D eigenvalue weighted by Crippen LogP contribution is -2.43. The van der Waals surface area contributed by atoms with E-state index in [1.807, 2.05) is 0 Å². The summed E-state index contributed by atoms with van der Waals surface area (Å²) in [6.07, 6.45) is 0.712. The summed E-state index contributed by atoms with van der Waals surface area (Å²) in [4.78, 5) is 11.0. The second-order valence-electron chi connectivity index (χ2n) is 2.44. The van der Waals surface area contributed by atoms with E-state index in [9.17, 15) is 4.79 Å². The molecule has 0 fully saturated rings. The van der Waals surface area contributed by atoms with Gasteiger partial charge >= 0.3 is 5.97 Å². The number of methoxy groups -OCH3 is 1. The molecule has 4 nitrogen and oxygen atoms in total. The molecular weight excluding hydrogens is 168 g/mol. The molecule has 0 rings (SSSR count). The van der Waals surface area contributed by atoms with Crippen LogP contribution in [-0.4, -0.2) is 32.2 Å². The zero-order valence-electron chi connectivity index (χ0n) is 8.09. The first-order chi connectivity index (χ1) is 6.26. The van der Waals surface area contributed by atoms with E-state index in [1.54, 1.807) is 6.92 Å². The summed E-state index contributed by atoms with van der Waals surface area (Å²) in [6, 6.07) is -0.413. The molecular formula is C9H16N2O2. The molecule has 74 valence electrons. The van der Waals surface area contributed by atoms with Crippen molar-refractivity contribution in [2.24, 2.45) is 5.73 Å². The van der Waals surface area contributed by atoms with E-state index in [1.165, 1.54) is 7.11 Å². The van der Waals surface area contributed by atoms with Gasteiger partial charge in [0.1, 0.15) is 6.04 Å². The normalized spacial score (nSPS) is 11.3. The van der Waals surface area contributed by atoms with E-state index < -0.39 is 6.04 Å².